The molecule has 0 radical (unpaired) electrons. The molecule has 3 aromatic rings. The van der Waals surface area contributed by atoms with Gasteiger partial charge in [0, 0.05) is 0 Å². The fraction of sp³-hybridized carbons (Fsp3) is 0.136. The molecule has 0 aromatic heterocycles. The van der Waals surface area contributed by atoms with E-state index in [0.29, 0.717) is 0 Å². The summed E-state index contributed by atoms with van der Waals surface area (Å²) in [4.78, 5) is 11.9. The summed E-state index contributed by atoms with van der Waals surface area (Å²) in [5.41, 5.74) is 4.73. The Morgan fingerprint density at radius 1 is 0.885 bits per heavy atom. The van der Waals surface area contributed by atoms with E-state index in [1.165, 1.54) is 19.2 Å². The molecule has 0 N–H and O–H groups in total. The third-order valence-electron chi connectivity index (χ3n) is 4.56. The van der Waals surface area contributed by atoms with Crippen LogP contribution in [0.25, 0.3) is 22.3 Å². The van der Waals surface area contributed by atoms with E-state index in [1.807, 2.05) is 48.5 Å². The van der Waals surface area contributed by atoms with E-state index in [4.69, 9.17) is 9.47 Å². The maximum Gasteiger partial charge on any atom is 0.338 e. The Kier molecular flexibility index (Phi) is 4.27. The van der Waals surface area contributed by atoms with Crippen LogP contribution in [-0.2, 0) is 14.3 Å². The van der Waals surface area contributed by atoms with E-state index in [2.05, 4.69) is 0 Å². The number of methoxy groups -OCH3 is 1. The fourth-order valence-electron chi connectivity index (χ4n) is 3.25. The number of carbonyl (C=O) groups excluding carboxylic acids is 1. The van der Waals surface area contributed by atoms with Gasteiger partial charge in [0.05, 0.1) is 7.11 Å². The van der Waals surface area contributed by atoms with Crippen molar-refractivity contribution < 1.29 is 18.7 Å². The molecule has 4 heteroatoms. The number of hydrogen-bond acceptors (Lipinski definition) is 3. The molecule has 0 bridgehead atoms. The van der Waals surface area contributed by atoms with Gasteiger partial charge in [-0.05, 0) is 39.9 Å². The van der Waals surface area contributed by atoms with E-state index in [1.54, 1.807) is 12.1 Å². The SMILES string of the molecule is COC(=O)[C@@H]1O[C@H]1c1c(-c2ccccc2)cccc1-c1ccc(F)cc1. The monoisotopic (exact) mass is 348 g/mol. The first-order chi connectivity index (χ1) is 12.7. The predicted octanol–water partition coefficient (Wildman–Crippen LogP) is 4.77. The predicted molar refractivity (Wildman–Crippen MR) is 96.9 cm³/mol. The van der Waals surface area contributed by atoms with Crippen LogP contribution in [0.4, 0.5) is 4.39 Å². The van der Waals surface area contributed by atoms with Crippen LogP contribution < -0.4 is 0 Å². The Bertz CT molecular complexity index is 935. The van der Waals surface area contributed by atoms with Gasteiger partial charge in [0.25, 0.3) is 0 Å². The number of ether oxygens (including phenoxy) is 2. The molecule has 1 aliphatic rings. The van der Waals surface area contributed by atoms with Gasteiger partial charge < -0.3 is 9.47 Å². The first-order valence-electron chi connectivity index (χ1n) is 8.36. The molecule has 0 unspecified atom stereocenters. The Morgan fingerprint density at radius 3 is 2.12 bits per heavy atom. The summed E-state index contributed by atoms with van der Waals surface area (Å²) in [6, 6.07) is 22.2. The van der Waals surface area contributed by atoms with Gasteiger partial charge in [-0.25, -0.2) is 9.18 Å². The molecule has 0 spiro atoms. The first-order valence-corrected chi connectivity index (χ1v) is 8.36. The lowest BCUT2D eigenvalue weighted by Gasteiger charge is -2.14. The van der Waals surface area contributed by atoms with E-state index < -0.39 is 6.10 Å². The van der Waals surface area contributed by atoms with Crippen molar-refractivity contribution >= 4 is 5.97 Å². The van der Waals surface area contributed by atoms with Crippen LogP contribution in [0, 0.1) is 5.82 Å². The second-order valence-corrected chi connectivity index (χ2v) is 6.14. The van der Waals surface area contributed by atoms with Crippen LogP contribution in [0.3, 0.4) is 0 Å². The van der Waals surface area contributed by atoms with E-state index in [-0.39, 0.29) is 17.9 Å². The highest BCUT2D eigenvalue weighted by Crippen LogP contribution is 2.48. The maximum atomic E-state index is 13.3. The summed E-state index contributed by atoms with van der Waals surface area (Å²) >= 11 is 0. The van der Waals surface area contributed by atoms with E-state index in [0.717, 1.165) is 27.8 Å². The van der Waals surface area contributed by atoms with E-state index >= 15 is 0 Å². The topological polar surface area (TPSA) is 38.8 Å². The molecule has 1 aliphatic heterocycles. The van der Waals surface area contributed by atoms with Crippen molar-refractivity contribution in [1.82, 2.24) is 0 Å². The molecular formula is C22H17FO3. The van der Waals surface area contributed by atoms with Gasteiger partial charge in [-0.15, -0.1) is 0 Å². The molecule has 130 valence electrons. The second-order valence-electron chi connectivity index (χ2n) is 6.14. The molecule has 0 saturated carbocycles. The largest absolute Gasteiger partial charge is 0.467 e. The van der Waals surface area contributed by atoms with Gasteiger partial charge in [-0.3, -0.25) is 0 Å². The third-order valence-corrected chi connectivity index (χ3v) is 4.56. The average Bonchev–Trinajstić information content (AvgIpc) is 3.48. The molecule has 1 saturated heterocycles. The highest BCUT2D eigenvalue weighted by Gasteiger charge is 2.49. The Labute approximate surface area is 151 Å². The second kappa shape index (κ2) is 6.73. The van der Waals surface area contributed by atoms with Crippen molar-refractivity contribution in [3.63, 3.8) is 0 Å². The minimum absolute atomic E-state index is 0.287. The minimum atomic E-state index is -0.607. The molecule has 3 aromatic carbocycles. The van der Waals surface area contributed by atoms with Crippen LogP contribution in [0.15, 0.2) is 72.8 Å². The number of carbonyl (C=O) groups is 1. The Hall–Kier alpha value is -2.98. The molecule has 3 nitrogen and oxygen atoms in total. The number of hydrogen-bond donors (Lipinski definition) is 0. The Balaban J connectivity index is 1.87. The van der Waals surface area contributed by atoms with Gasteiger partial charge in [0.15, 0.2) is 6.10 Å². The van der Waals surface area contributed by atoms with Crippen LogP contribution in [0.1, 0.15) is 11.7 Å². The van der Waals surface area contributed by atoms with Gasteiger partial charge in [-0.1, -0.05) is 60.7 Å². The molecule has 26 heavy (non-hydrogen) atoms. The summed E-state index contributed by atoms with van der Waals surface area (Å²) in [7, 11) is 1.35. The van der Waals surface area contributed by atoms with Crippen LogP contribution in [-0.4, -0.2) is 19.2 Å². The lowest BCUT2D eigenvalue weighted by atomic mass is 9.89. The van der Waals surface area contributed by atoms with Crippen LogP contribution in [0.2, 0.25) is 0 Å². The lowest BCUT2D eigenvalue weighted by Crippen LogP contribution is -2.10. The number of epoxide rings is 1. The summed E-state index contributed by atoms with van der Waals surface area (Å²) in [6.07, 6.45) is -0.983. The quantitative estimate of drug-likeness (QED) is 0.503. The van der Waals surface area contributed by atoms with Gasteiger partial charge >= 0.3 is 5.97 Å². The van der Waals surface area contributed by atoms with Crippen molar-refractivity contribution in [2.75, 3.05) is 7.11 Å². The molecule has 2 atom stereocenters. The number of halogens is 1. The Morgan fingerprint density at radius 2 is 1.50 bits per heavy atom. The molecule has 1 heterocycles. The zero-order chi connectivity index (χ0) is 18.1. The maximum absolute atomic E-state index is 13.3. The lowest BCUT2D eigenvalue weighted by molar-refractivity contribution is -0.142. The van der Waals surface area contributed by atoms with Crippen molar-refractivity contribution in [3.8, 4) is 22.3 Å². The standard InChI is InChI=1S/C22H17FO3/c1-25-22(24)21-20(26-21)19-17(14-6-3-2-4-7-14)8-5-9-18(19)15-10-12-16(23)13-11-15/h2-13,20-21H,1H3/t20-,21+/m0/s1. The number of benzene rings is 3. The summed E-state index contributed by atoms with van der Waals surface area (Å²) in [5.74, 6) is -0.674. The van der Waals surface area contributed by atoms with Gasteiger partial charge in [-0.2, -0.15) is 0 Å². The van der Waals surface area contributed by atoms with Crippen molar-refractivity contribution in [2.45, 2.75) is 12.2 Å². The number of rotatable bonds is 4. The molecule has 1 fully saturated rings. The molecular weight excluding hydrogens is 331 g/mol. The summed E-state index contributed by atoms with van der Waals surface area (Å²) in [6.45, 7) is 0. The average molecular weight is 348 g/mol. The van der Waals surface area contributed by atoms with E-state index in [9.17, 15) is 9.18 Å². The van der Waals surface area contributed by atoms with Crippen molar-refractivity contribution in [2.24, 2.45) is 0 Å². The summed E-state index contributed by atoms with van der Waals surface area (Å²) in [5, 5.41) is 0. The minimum Gasteiger partial charge on any atom is -0.467 e. The fourth-order valence-corrected chi connectivity index (χ4v) is 3.25. The number of esters is 1. The van der Waals surface area contributed by atoms with Crippen LogP contribution >= 0.6 is 0 Å². The van der Waals surface area contributed by atoms with Gasteiger partial charge in [0.2, 0.25) is 0 Å². The highest BCUT2D eigenvalue weighted by atomic mass is 19.1. The van der Waals surface area contributed by atoms with Crippen molar-refractivity contribution in [1.29, 1.82) is 0 Å². The third kappa shape index (κ3) is 3.00. The molecule has 4 rings (SSSR count). The summed E-state index contributed by atoms with van der Waals surface area (Å²) < 4.78 is 23.8. The normalized spacial score (nSPS) is 18.4. The smallest absolute Gasteiger partial charge is 0.338 e. The highest BCUT2D eigenvalue weighted by molar-refractivity contribution is 5.84. The molecule has 0 aliphatic carbocycles. The van der Waals surface area contributed by atoms with Gasteiger partial charge in [0.1, 0.15) is 11.9 Å². The molecule has 0 amide bonds. The van der Waals surface area contributed by atoms with Crippen molar-refractivity contribution in [3.05, 3.63) is 84.2 Å². The zero-order valence-electron chi connectivity index (χ0n) is 14.2. The van der Waals surface area contributed by atoms with Crippen LogP contribution in [0.5, 0.6) is 0 Å². The zero-order valence-corrected chi connectivity index (χ0v) is 14.2. The first kappa shape index (κ1) is 16.5.